The van der Waals surface area contributed by atoms with E-state index in [1.165, 1.54) is 66.9 Å². The molecule has 8 aromatic rings. The third-order valence-electron chi connectivity index (χ3n) is 14.4. The summed E-state index contributed by atoms with van der Waals surface area (Å²) in [6.45, 7) is -18.6. The van der Waals surface area contributed by atoms with Crippen LogP contribution in [0, 0.1) is 18.6 Å². The van der Waals surface area contributed by atoms with Gasteiger partial charge in [0, 0.05) is 92.3 Å². The average molecular weight is 1380 g/mol. The Kier molecular flexibility index (Phi) is 14.4. The minimum absolute atomic E-state index is 0.0561. The minimum Gasteiger partial charge on any atom is -0.336 e. The molecule has 0 radical (unpaired) electrons. The highest BCUT2D eigenvalue weighted by atomic mass is 32.2. The fourth-order valence-electron chi connectivity index (χ4n) is 9.42. The molecular formula is C73H78F8N8O4S2. The monoisotopic (exact) mass is 1380 g/mol. The minimum atomic E-state index is -5.22. The van der Waals surface area contributed by atoms with Crippen LogP contribution in [0.15, 0.2) is 159 Å². The Morgan fingerprint density at radius 1 is 0.558 bits per heavy atom. The predicted octanol–water partition coefficient (Wildman–Crippen LogP) is 14.7. The SMILES string of the molecule is [2H]C([2H])(C)N(C([2H])([2H])C)C([2H])([2H])C([2H])([2H])N(Cc1ccc(-c2ccc(C(F)(F)F)cc2)cc1)C(=O)Cn1c(SCc2ccc(F)cc2)nc(=O)c2c1CCC2.[2H]c1c([2H])c(CSc2nc(=O)c3c(n2CC(=O)N(Cc2c([2H])c([2H])c(-c4c([2H])c([2H])c(C(F)(F)F)c(C)c4[2H])c([2H])c2[2H])C([2H])([2H])C([2H])([2H])N(CC)CC)C([2H])([2H])C([2H])([2H])C3([2H])[2H])c([2H])c([2H])c1F. The van der Waals surface area contributed by atoms with Crippen LogP contribution in [0.5, 0.6) is 0 Å². The lowest BCUT2D eigenvalue weighted by Crippen LogP contribution is -2.40. The van der Waals surface area contributed by atoms with Gasteiger partial charge in [0.2, 0.25) is 11.8 Å². The van der Waals surface area contributed by atoms with Crippen molar-refractivity contribution in [3.63, 3.8) is 0 Å². The van der Waals surface area contributed by atoms with E-state index in [1.807, 2.05) is 0 Å². The Morgan fingerprint density at radius 3 is 1.64 bits per heavy atom. The Bertz CT molecular complexity index is 5500. The summed E-state index contributed by atoms with van der Waals surface area (Å²) in [5, 5.41) is -0.700. The van der Waals surface area contributed by atoms with Crippen LogP contribution in [0.2, 0.25) is 0 Å². The van der Waals surface area contributed by atoms with Crippen molar-refractivity contribution in [1.29, 1.82) is 0 Å². The maximum atomic E-state index is 15.0. The number of aromatic nitrogens is 4. The van der Waals surface area contributed by atoms with Crippen molar-refractivity contribution >= 4 is 35.3 Å². The molecule has 0 N–H and O–H groups in total. The van der Waals surface area contributed by atoms with E-state index in [9.17, 15) is 57.0 Å². The number of halogens is 8. The first-order valence-electron chi connectivity index (χ1n) is 43.5. The van der Waals surface area contributed by atoms with Crippen LogP contribution >= 0.6 is 23.5 Å². The lowest BCUT2D eigenvalue weighted by Gasteiger charge is -2.28. The fraction of sp³-hybridized carbons (Fsp3) is 0.370. The van der Waals surface area contributed by atoms with Crippen molar-refractivity contribution < 1.29 is 84.5 Å². The van der Waals surface area contributed by atoms with E-state index in [-0.39, 0.29) is 51.1 Å². The van der Waals surface area contributed by atoms with Gasteiger partial charge in [0.15, 0.2) is 10.3 Å². The highest BCUT2D eigenvalue weighted by Crippen LogP contribution is 2.36. The highest BCUT2D eigenvalue weighted by molar-refractivity contribution is 7.98. The second kappa shape index (κ2) is 32.7. The van der Waals surface area contributed by atoms with Crippen LogP contribution in [-0.4, -0.2) is 103 Å². The number of amides is 2. The summed E-state index contributed by atoms with van der Waals surface area (Å²) in [7, 11) is 0. The Morgan fingerprint density at radius 2 is 1.07 bits per heavy atom. The molecule has 2 aromatic heterocycles. The molecule has 2 amide bonds. The number of alkyl halides is 6. The molecule has 0 bridgehead atoms. The molecule has 0 saturated carbocycles. The van der Waals surface area contributed by atoms with Crippen LogP contribution in [-0.2, 0) is 85.2 Å². The maximum Gasteiger partial charge on any atom is 0.416 e. The van der Waals surface area contributed by atoms with E-state index in [1.54, 1.807) is 12.1 Å². The average Bonchev–Trinajstić information content (AvgIpc) is 1.52. The molecule has 2 heterocycles. The molecule has 0 aliphatic heterocycles. The number of benzene rings is 6. The number of carbonyl (C=O) groups is 2. The molecule has 0 unspecified atom stereocenters. The second-order valence-electron chi connectivity index (χ2n) is 20.7. The number of rotatable bonds is 26. The van der Waals surface area contributed by atoms with Gasteiger partial charge in [-0.1, -0.05) is 148 Å². The molecule has 10 rings (SSSR count). The van der Waals surface area contributed by atoms with E-state index in [2.05, 4.69) is 9.97 Å². The largest absolute Gasteiger partial charge is 0.416 e. The number of thioether (sulfide) groups is 2. The van der Waals surface area contributed by atoms with E-state index < -0.39 is 259 Å². The quantitative estimate of drug-likeness (QED) is 0.0295. The zero-order chi connectivity index (χ0) is 93.7. The molecule has 502 valence electrons. The third kappa shape index (κ3) is 19.0. The zero-order valence-electron chi connectivity index (χ0n) is 80.3. The lowest BCUT2D eigenvalue weighted by atomic mass is 9.98. The number of fused-ring (bicyclic) bond motifs is 2. The standard InChI is InChI=1S/C37H40F4N4O2S.C36H38F4N4O2S/c1-4-43(5-2)19-20-44(22-26-9-13-28(14-10-26)29-15-18-32(25(3)21-29)37(39,40)41)34(46)23-45-33-8-6-7-31(33)35(47)42-36(45)48-24-27-11-16-30(38)17-12-27;1-3-42(4-2)20-21-43(22-25-8-12-27(13-9-25)28-14-16-29(17-15-28)36(38,39)40)33(45)23-44-32-7-5-6-31(32)34(46)41-35(44)47-24-26-10-18-30(37)19-11-26/h9-18,21H,4-8,19-20,22-24H2,1-3H3;8-19H,3-7,20-24H2,1-2H3/i6D2,7D2,8D2,9D,10D,11D,12D,13D,14D,15D,16D,17D,18D,19D2,20D2,21D;3D2,4D2,20D2,21D2. The number of hydrogen-bond acceptors (Lipinski definition) is 10. The molecule has 2 aliphatic carbocycles. The lowest BCUT2D eigenvalue weighted by molar-refractivity contribution is -0.138. The molecule has 12 nitrogen and oxygen atoms in total. The van der Waals surface area contributed by atoms with E-state index in [4.69, 9.17) is 37.0 Å². The molecule has 95 heavy (non-hydrogen) atoms. The maximum absolute atomic E-state index is 15.0. The predicted molar refractivity (Wildman–Crippen MR) is 358 cm³/mol. The molecule has 22 heteroatoms. The fourth-order valence-corrected chi connectivity index (χ4v) is 11.3. The number of nitrogens with zero attached hydrogens (tertiary/aromatic N) is 8. The van der Waals surface area contributed by atoms with Gasteiger partial charge in [-0.25, -0.2) is 8.78 Å². The van der Waals surface area contributed by atoms with Crippen molar-refractivity contribution in [1.82, 2.24) is 38.7 Å². The topological polar surface area (TPSA) is 117 Å². The summed E-state index contributed by atoms with van der Waals surface area (Å²) in [5.74, 6) is -5.17. The van der Waals surface area contributed by atoms with Crippen LogP contribution in [0.4, 0.5) is 35.1 Å². The van der Waals surface area contributed by atoms with E-state index >= 15 is 0 Å². The number of hydrogen-bond donors (Lipinski definition) is 0. The summed E-state index contributed by atoms with van der Waals surface area (Å²) in [6.07, 6.45) is -19.1. The van der Waals surface area contributed by atoms with Gasteiger partial charge in [-0.2, -0.15) is 36.3 Å². The van der Waals surface area contributed by atoms with Gasteiger partial charge in [-0.15, -0.1) is 0 Å². The first kappa shape index (κ1) is 41.9. The van der Waals surface area contributed by atoms with Crippen molar-refractivity contribution in [3.8, 4) is 22.3 Å². The van der Waals surface area contributed by atoms with Crippen LogP contribution in [0.1, 0.15) is 142 Å². The molecule has 2 aliphatic rings. The number of likely N-dealkylation sites (N-methyl/N-ethyl adjacent to an activating group) is 2. The van der Waals surface area contributed by atoms with Crippen LogP contribution < -0.4 is 11.1 Å². The highest BCUT2D eigenvalue weighted by Gasteiger charge is 2.33. The van der Waals surface area contributed by atoms with E-state index in [0.29, 0.717) is 56.7 Å². The van der Waals surface area contributed by atoms with Gasteiger partial charge in [-0.05, 0) is 164 Å². The van der Waals surface area contributed by atoms with Gasteiger partial charge in [0.05, 0.1) is 31.7 Å². The summed E-state index contributed by atoms with van der Waals surface area (Å²) < 4.78 is 361. The summed E-state index contributed by atoms with van der Waals surface area (Å²) in [4.78, 5) is 65.7. The summed E-state index contributed by atoms with van der Waals surface area (Å²) in [5.41, 5.74) is -8.37. The Balaban J connectivity index is 0.000000288. The molecule has 0 fully saturated rings. The van der Waals surface area contributed by atoms with Gasteiger partial charge < -0.3 is 28.7 Å². The zero-order valence-corrected chi connectivity index (χ0v) is 52.9. The van der Waals surface area contributed by atoms with Crippen molar-refractivity contribution in [2.75, 3.05) is 52.1 Å². The van der Waals surface area contributed by atoms with Gasteiger partial charge >= 0.3 is 12.4 Å². The van der Waals surface area contributed by atoms with Gasteiger partial charge in [0.1, 0.15) is 24.7 Å². The van der Waals surface area contributed by atoms with E-state index in [0.717, 1.165) is 49.6 Å². The smallest absolute Gasteiger partial charge is 0.336 e. The molecule has 0 atom stereocenters. The van der Waals surface area contributed by atoms with Crippen molar-refractivity contribution in [3.05, 3.63) is 233 Å². The third-order valence-corrected chi connectivity index (χ3v) is 16.4. The molecular weight excluding hydrogens is 1270 g/mol. The first-order valence-corrected chi connectivity index (χ1v) is 31.0. The van der Waals surface area contributed by atoms with Crippen molar-refractivity contribution in [2.24, 2.45) is 0 Å². The summed E-state index contributed by atoms with van der Waals surface area (Å²) >= 11 is 1.37. The van der Waals surface area contributed by atoms with Crippen LogP contribution in [0.25, 0.3) is 22.3 Å². The normalized spacial score (nSPS) is 19.8. The Labute approximate surface area is 598 Å². The van der Waals surface area contributed by atoms with Gasteiger partial charge in [-0.3, -0.25) is 19.2 Å². The number of carbonyl (C=O) groups excluding carboxylic acids is 2. The molecule has 6 aromatic carbocycles. The van der Waals surface area contributed by atoms with Gasteiger partial charge in [0.25, 0.3) is 11.1 Å². The molecule has 0 spiro atoms. The molecule has 0 saturated heterocycles. The second-order valence-corrected chi connectivity index (χ2v) is 22.6. The Hall–Kier alpha value is -7.92. The van der Waals surface area contributed by atoms with Crippen molar-refractivity contribution in [2.45, 2.75) is 133 Å². The summed E-state index contributed by atoms with van der Waals surface area (Å²) in [6, 6.07) is 3.63. The van der Waals surface area contributed by atoms with Crippen LogP contribution in [0.3, 0.4) is 0 Å². The first-order chi connectivity index (χ1) is 56.8.